The van der Waals surface area contributed by atoms with Crippen molar-refractivity contribution in [2.45, 2.75) is 36.4 Å². The van der Waals surface area contributed by atoms with Crippen LogP contribution in [0.3, 0.4) is 0 Å². The Balaban J connectivity index is 1.75. The molecule has 2 heterocycles. The van der Waals surface area contributed by atoms with E-state index < -0.39 is 5.97 Å². The lowest BCUT2D eigenvalue weighted by atomic mass is 10.1. The molecule has 4 rings (SSSR count). The Morgan fingerprint density at radius 1 is 1.33 bits per heavy atom. The van der Waals surface area contributed by atoms with Crippen LogP contribution in [0.4, 0.5) is 0 Å². The summed E-state index contributed by atoms with van der Waals surface area (Å²) in [4.78, 5) is 29.9. The maximum Gasteiger partial charge on any atom is 0.337 e. The standard InChI is InChI=1S/C22H21ClN2O4S/c1-28-21(27)14-8-9-17-19(11-14)24-22(30-13-15-5-2-3-7-18(15)23)25(20(17)26)12-16-6-4-10-29-16/h2-3,5,7-9,11,16H,4,6,10,12-13H2,1H3. The van der Waals surface area contributed by atoms with Crippen LogP contribution in [0.2, 0.25) is 5.02 Å². The Labute approximate surface area is 183 Å². The van der Waals surface area contributed by atoms with Crippen LogP contribution >= 0.6 is 23.4 Å². The second kappa shape index (κ2) is 9.20. The maximum absolute atomic E-state index is 13.3. The molecular formula is C22H21ClN2O4S. The van der Waals surface area contributed by atoms with Crippen LogP contribution in [-0.4, -0.2) is 35.3 Å². The second-order valence-corrected chi connectivity index (χ2v) is 8.40. The Bertz CT molecular complexity index is 1140. The molecule has 0 bridgehead atoms. The fourth-order valence-electron chi connectivity index (χ4n) is 3.47. The summed E-state index contributed by atoms with van der Waals surface area (Å²) in [6.45, 7) is 1.16. The number of fused-ring (bicyclic) bond motifs is 1. The van der Waals surface area contributed by atoms with Gasteiger partial charge in [-0.15, -0.1) is 0 Å². The van der Waals surface area contributed by atoms with Crippen molar-refractivity contribution in [3.05, 3.63) is 69.0 Å². The first-order valence-corrected chi connectivity index (χ1v) is 11.0. The lowest BCUT2D eigenvalue weighted by Crippen LogP contribution is -2.29. The summed E-state index contributed by atoms with van der Waals surface area (Å²) in [5, 5.41) is 1.71. The monoisotopic (exact) mass is 444 g/mol. The molecule has 0 N–H and O–H groups in total. The van der Waals surface area contributed by atoms with Gasteiger partial charge in [0.15, 0.2) is 5.16 Å². The molecule has 3 aromatic rings. The average Bonchev–Trinajstić information content (AvgIpc) is 3.28. The highest BCUT2D eigenvalue weighted by molar-refractivity contribution is 7.98. The third-order valence-electron chi connectivity index (χ3n) is 5.07. The van der Waals surface area contributed by atoms with E-state index in [4.69, 9.17) is 26.1 Å². The summed E-state index contributed by atoms with van der Waals surface area (Å²) in [5.74, 6) is 0.104. The van der Waals surface area contributed by atoms with Gasteiger partial charge < -0.3 is 9.47 Å². The average molecular weight is 445 g/mol. The quantitative estimate of drug-likeness (QED) is 0.320. The Morgan fingerprint density at radius 2 is 2.17 bits per heavy atom. The zero-order valence-electron chi connectivity index (χ0n) is 16.5. The summed E-state index contributed by atoms with van der Waals surface area (Å²) in [5.41, 5.74) is 1.64. The Kier molecular flexibility index (Phi) is 6.41. The molecule has 8 heteroatoms. The summed E-state index contributed by atoms with van der Waals surface area (Å²) in [7, 11) is 1.32. The van der Waals surface area contributed by atoms with E-state index in [0.717, 1.165) is 18.4 Å². The van der Waals surface area contributed by atoms with Crippen LogP contribution in [0, 0.1) is 0 Å². The molecule has 1 unspecified atom stereocenters. The molecule has 0 radical (unpaired) electrons. The van der Waals surface area contributed by atoms with Crippen LogP contribution in [0.15, 0.2) is 52.4 Å². The van der Waals surface area contributed by atoms with Gasteiger partial charge in [0.25, 0.3) is 5.56 Å². The molecule has 1 aliphatic rings. The lowest BCUT2D eigenvalue weighted by molar-refractivity contribution is 0.0601. The van der Waals surface area contributed by atoms with Crippen molar-refractivity contribution in [3.8, 4) is 0 Å². The number of thioether (sulfide) groups is 1. The van der Waals surface area contributed by atoms with Gasteiger partial charge in [-0.3, -0.25) is 9.36 Å². The minimum atomic E-state index is -0.465. The van der Waals surface area contributed by atoms with Crippen LogP contribution < -0.4 is 5.56 Å². The number of carbonyl (C=O) groups excluding carboxylic acids is 1. The van der Waals surface area contributed by atoms with Crippen molar-refractivity contribution in [1.29, 1.82) is 0 Å². The van der Waals surface area contributed by atoms with Gasteiger partial charge in [0.05, 0.1) is 36.2 Å². The molecule has 1 aromatic heterocycles. The normalized spacial score (nSPS) is 16.1. The molecule has 1 aliphatic heterocycles. The van der Waals surface area contributed by atoms with E-state index >= 15 is 0 Å². The number of hydrogen-bond donors (Lipinski definition) is 0. The zero-order valence-corrected chi connectivity index (χ0v) is 18.0. The van der Waals surface area contributed by atoms with Crippen molar-refractivity contribution >= 4 is 40.2 Å². The van der Waals surface area contributed by atoms with Crippen LogP contribution in [-0.2, 0) is 21.8 Å². The minimum Gasteiger partial charge on any atom is -0.465 e. The number of rotatable bonds is 6. The highest BCUT2D eigenvalue weighted by Crippen LogP contribution is 2.27. The molecule has 2 aromatic carbocycles. The maximum atomic E-state index is 13.3. The first-order chi connectivity index (χ1) is 14.6. The fourth-order valence-corrected chi connectivity index (χ4v) is 4.76. The predicted molar refractivity (Wildman–Crippen MR) is 117 cm³/mol. The second-order valence-electron chi connectivity index (χ2n) is 7.05. The SMILES string of the molecule is COC(=O)c1ccc2c(=O)n(CC3CCCO3)c(SCc3ccccc3Cl)nc2c1. The van der Waals surface area contributed by atoms with E-state index in [2.05, 4.69) is 0 Å². The molecule has 0 saturated carbocycles. The number of benzene rings is 2. The van der Waals surface area contributed by atoms with Crippen molar-refractivity contribution in [2.24, 2.45) is 0 Å². The topological polar surface area (TPSA) is 70.4 Å². The highest BCUT2D eigenvalue weighted by atomic mass is 35.5. The van der Waals surface area contributed by atoms with E-state index in [0.29, 0.717) is 45.5 Å². The number of hydrogen-bond acceptors (Lipinski definition) is 6. The van der Waals surface area contributed by atoms with Crippen LogP contribution in [0.25, 0.3) is 10.9 Å². The number of halogens is 1. The van der Waals surface area contributed by atoms with Gasteiger partial charge in [-0.1, -0.05) is 41.6 Å². The Morgan fingerprint density at radius 3 is 2.90 bits per heavy atom. The molecule has 0 amide bonds. The van der Waals surface area contributed by atoms with E-state index in [9.17, 15) is 9.59 Å². The van der Waals surface area contributed by atoms with E-state index in [1.54, 1.807) is 22.8 Å². The van der Waals surface area contributed by atoms with Crippen LogP contribution in [0.5, 0.6) is 0 Å². The van der Waals surface area contributed by atoms with E-state index in [-0.39, 0.29) is 11.7 Å². The molecular weight excluding hydrogens is 424 g/mol. The van der Waals surface area contributed by atoms with Gasteiger partial charge in [0.2, 0.25) is 0 Å². The largest absolute Gasteiger partial charge is 0.465 e. The summed E-state index contributed by atoms with van der Waals surface area (Å²) in [6.07, 6.45) is 1.90. The molecule has 0 aliphatic carbocycles. The fraction of sp³-hybridized carbons (Fsp3) is 0.318. The zero-order chi connectivity index (χ0) is 21.1. The highest BCUT2D eigenvalue weighted by Gasteiger charge is 2.21. The van der Waals surface area contributed by atoms with Gasteiger partial charge in [0.1, 0.15) is 0 Å². The number of methoxy groups -OCH3 is 1. The molecule has 6 nitrogen and oxygen atoms in total. The van der Waals surface area contributed by atoms with E-state index in [1.807, 2.05) is 24.3 Å². The third-order valence-corrected chi connectivity index (χ3v) is 6.46. The summed E-state index contributed by atoms with van der Waals surface area (Å²) < 4.78 is 12.2. The number of nitrogens with zero attached hydrogens (tertiary/aromatic N) is 2. The van der Waals surface area contributed by atoms with Crippen molar-refractivity contribution in [1.82, 2.24) is 9.55 Å². The van der Waals surface area contributed by atoms with Crippen LogP contribution in [0.1, 0.15) is 28.8 Å². The van der Waals surface area contributed by atoms with Gasteiger partial charge in [-0.25, -0.2) is 9.78 Å². The van der Waals surface area contributed by atoms with Crippen molar-refractivity contribution < 1.29 is 14.3 Å². The van der Waals surface area contributed by atoms with Gasteiger partial charge in [-0.2, -0.15) is 0 Å². The predicted octanol–water partition coefficient (Wildman–Crippen LogP) is 4.31. The van der Waals surface area contributed by atoms with E-state index in [1.165, 1.54) is 18.9 Å². The summed E-state index contributed by atoms with van der Waals surface area (Å²) >= 11 is 7.73. The summed E-state index contributed by atoms with van der Waals surface area (Å²) in [6, 6.07) is 12.4. The number of ether oxygens (including phenoxy) is 2. The van der Waals surface area contributed by atoms with Gasteiger partial charge in [-0.05, 0) is 42.7 Å². The minimum absolute atomic E-state index is 0.00374. The van der Waals surface area contributed by atoms with Gasteiger partial charge in [0, 0.05) is 17.4 Å². The molecule has 0 spiro atoms. The third kappa shape index (κ3) is 4.38. The molecule has 1 atom stereocenters. The molecule has 1 fully saturated rings. The first kappa shape index (κ1) is 20.9. The lowest BCUT2D eigenvalue weighted by Gasteiger charge is -2.17. The smallest absolute Gasteiger partial charge is 0.337 e. The number of carbonyl (C=O) groups is 1. The van der Waals surface area contributed by atoms with Gasteiger partial charge >= 0.3 is 5.97 Å². The Hall–Kier alpha value is -2.35. The molecule has 30 heavy (non-hydrogen) atoms. The van der Waals surface area contributed by atoms with Crippen molar-refractivity contribution in [2.75, 3.05) is 13.7 Å². The number of aromatic nitrogens is 2. The molecule has 1 saturated heterocycles. The first-order valence-electron chi connectivity index (χ1n) is 9.67. The number of esters is 1. The van der Waals surface area contributed by atoms with Crippen molar-refractivity contribution in [3.63, 3.8) is 0 Å². The molecule has 156 valence electrons.